The molecule has 7 heteroatoms. The fraction of sp³-hybridized carbons (Fsp3) is 0.667. The van der Waals surface area contributed by atoms with Gasteiger partial charge in [0, 0.05) is 24.2 Å². The number of aromatic nitrogens is 1. The largest absolute Gasteiger partial charge is 0.378 e. The number of hydrogen-bond acceptors (Lipinski definition) is 6. The molecule has 2 rings (SSSR count). The first-order valence-corrected chi connectivity index (χ1v) is 8.66. The summed E-state index contributed by atoms with van der Waals surface area (Å²) in [5.41, 5.74) is 4.37. The van der Waals surface area contributed by atoms with Crippen molar-refractivity contribution < 1.29 is 9.53 Å². The van der Waals surface area contributed by atoms with Gasteiger partial charge in [-0.15, -0.1) is 11.3 Å². The fourth-order valence-corrected chi connectivity index (χ4v) is 3.01. The van der Waals surface area contributed by atoms with Gasteiger partial charge in [-0.2, -0.15) is 5.10 Å². The van der Waals surface area contributed by atoms with Crippen LogP contribution in [-0.2, 0) is 16.0 Å². The van der Waals surface area contributed by atoms with Crippen molar-refractivity contribution in [2.45, 2.75) is 39.5 Å². The maximum absolute atomic E-state index is 11.9. The van der Waals surface area contributed by atoms with Crippen molar-refractivity contribution in [1.82, 2.24) is 10.4 Å². The van der Waals surface area contributed by atoms with Gasteiger partial charge < -0.3 is 9.64 Å². The van der Waals surface area contributed by atoms with Gasteiger partial charge in [0.2, 0.25) is 5.91 Å². The smallest absolute Gasteiger partial charge is 0.246 e. The Kier molecular flexibility index (Phi) is 6.79. The van der Waals surface area contributed by atoms with Crippen LogP contribution in [0.1, 0.15) is 38.8 Å². The monoisotopic (exact) mass is 324 g/mol. The molecule has 1 fully saturated rings. The number of nitrogens with zero attached hydrogens (tertiary/aromatic N) is 3. The summed E-state index contributed by atoms with van der Waals surface area (Å²) in [7, 11) is 0. The Morgan fingerprint density at radius 2 is 2.27 bits per heavy atom. The van der Waals surface area contributed by atoms with E-state index in [9.17, 15) is 4.79 Å². The van der Waals surface area contributed by atoms with Gasteiger partial charge in [0.05, 0.1) is 25.3 Å². The van der Waals surface area contributed by atoms with Gasteiger partial charge >= 0.3 is 0 Å². The molecule has 1 N–H and O–H groups in total. The minimum atomic E-state index is -0.116. The van der Waals surface area contributed by atoms with Crippen LogP contribution in [-0.4, -0.2) is 42.9 Å². The van der Waals surface area contributed by atoms with E-state index in [1.807, 2.05) is 12.3 Å². The number of hydrazone groups is 1. The topological polar surface area (TPSA) is 66.8 Å². The summed E-state index contributed by atoms with van der Waals surface area (Å²) in [6.45, 7) is 7.28. The maximum atomic E-state index is 11.9. The number of amides is 1. The van der Waals surface area contributed by atoms with E-state index in [0.717, 1.165) is 62.1 Å². The van der Waals surface area contributed by atoms with E-state index in [0.29, 0.717) is 0 Å². The second-order valence-corrected chi connectivity index (χ2v) is 6.22. The van der Waals surface area contributed by atoms with E-state index in [1.165, 1.54) is 0 Å². The van der Waals surface area contributed by atoms with Crippen molar-refractivity contribution >= 4 is 28.1 Å². The van der Waals surface area contributed by atoms with E-state index in [-0.39, 0.29) is 12.3 Å². The number of anilines is 1. The lowest BCUT2D eigenvalue weighted by molar-refractivity contribution is -0.120. The van der Waals surface area contributed by atoms with Crippen molar-refractivity contribution in [3.05, 3.63) is 11.1 Å². The number of ether oxygens (including phenoxy) is 1. The predicted octanol–water partition coefficient (Wildman–Crippen LogP) is 2.20. The van der Waals surface area contributed by atoms with Crippen LogP contribution in [0.15, 0.2) is 10.5 Å². The molecule has 1 aromatic heterocycles. The Labute approximate surface area is 135 Å². The molecule has 1 aliphatic rings. The summed E-state index contributed by atoms with van der Waals surface area (Å²) < 4.78 is 5.33. The predicted molar refractivity (Wildman–Crippen MR) is 89.6 cm³/mol. The molecule has 1 amide bonds. The number of carbonyl (C=O) groups excluding carboxylic acids is 1. The lowest BCUT2D eigenvalue weighted by Crippen LogP contribution is -2.36. The second-order valence-electron chi connectivity index (χ2n) is 5.38. The molecule has 0 aliphatic carbocycles. The highest BCUT2D eigenvalue weighted by Gasteiger charge is 2.15. The summed E-state index contributed by atoms with van der Waals surface area (Å²) in [6.07, 6.45) is 3.42. The van der Waals surface area contributed by atoms with Crippen LogP contribution in [0.25, 0.3) is 0 Å². The molecule has 0 saturated carbocycles. The number of carbonyl (C=O) groups is 1. The summed E-state index contributed by atoms with van der Waals surface area (Å²) in [4.78, 5) is 18.6. The first-order chi connectivity index (χ1) is 10.7. The van der Waals surface area contributed by atoms with Crippen LogP contribution in [0, 0.1) is 0 Å². The van der Waals surface area contributed by atoms with Crippen molar-refractivity contribution in [3.8, 4) is 0 Å². The van der Waals surface area contributed by atoms with E-state index < -0.39 is 0 Å². The molecule has 6 nitrogen and oxygen atoms in total. The summed E-state index contributed by atoms with van der Waals surface area (Å²) in [5.74, 6) is -0.116. The van der Waals surface area contributed by atoms with Gasteiger partial charge in [-0.05, 0) is 19.8 Å². The average Bonchev–Trinajstić information content (AvgIpc) is 3.00. The molecule has 1 aliphatic heterocycles. The SMILES string of the molecule is CCCC/C(C)=N\NC(=O)Cc1csc(N2CCOCC2)n1. The van der Waals surface area contributed by atoms with Gasteiger partial charge in [0.1, 0.15) is 0 Å². The number of nitrogens with one attached hydrogen (secondary N) is 1. The molecule has 0 aromatic carbocycles. The number of morpholine rings is 1. The van der Waals surface area contributed by atoms with Crippen molar-refractivity contribution in [1.29, 1.82) is 0 Å². The first kappa shape index (κ1) is 16.9. The van der Waals surface area contributed by atoms with Crippen LogP contribution in [0.4, 0.5) is 5.13 Å². The number of unbranched alkanes of at least 4 members (excludes halogenated alkanes) is 1. The van der Waals surface area contributed by atoms with Crippen molar-refractivity contribution in [3.63, 3.8) is 0 Å². The molecule has 0 atom stereocenters. The molecule has 2 heterocycles. The average molecular weight is 324 g/mol. The highest BCUT2D eigenvalue weighted by molar-refractivity contribution is 7.13. The third-order valence-electron chi connectivity index (χ3n) is 3.43. The molecular weight excluding hydrogens is 300 g/mol. The van der Waals surface area contributed by atoms with E-state index in [2.05, 4.69) is 27.3 Å². The van der Waals surface area contributed by atoms with Gasteiger partial charge in [-0.3, -0.25) is 4.79 Å². The fourth-order valence-electron chi connectivity index (χ4n) is 2.13. The van der Waals surface area contributed by atoms with E-state index >= 15 is 0 Å². The second kappa shape index (κ2) is 8.85. The summed E-state index contributed by atoms with van der Waals surface area (Å²) >= 11 is 1.58. The third-order valence-corrected chi connectivity index (χ3v) is 4.38. The molecule has 0 radical (unpaired) electrons. The quantitative estimate of drug-likeness (QED) is 0.617. The zero-order valence-electron chi connectivity index (χ0n) is 13.3. The van der Waals surface area contributed by atoms with Crippen LogP contribution < -0.4 is 10.3 Å². The molecule has 122 valence electrons. The molecule has 1 aromatic rings. The Morgan fingerprint density at radius 3 is 3.00 bits per heavy atom. The number of hydrogen-bond donors (Lipinski definition) is 1. The Balaban J connectivity index is 1.80. The van der Waals surface area contributed by atoms with E-state index in [1.54, 1.807) is 11.3 Å². The normalized spacial score (nSPS) is 15.9. The third kappa shape index (κ3) is 5.38. The van der Waals surface area contributed by atoms with Crippen LogP contribution in [0.5, 0.6) is 0 Å². The molecular formula is C15H24N4O2S. The lowest BCUT2D eigenvalue weighted by Gasteiger charge is -2.26. The highest BCUT2D eigenvalue weighted by Crippen LogP contribution is 2.21. The Morgan fingerprint density at radius 1 is 1.50 bits per heavy atom. The van der Waals surface area contributed by atoms with Crippen molar-refractivity contribution in [2.24, 2.45) is 5.10 Å². The van der Waals surface area contributed by atoms with Crippen LogP contribution >= 0.6 is 11.3 Å². The minimum absolute atomic E-state index is 0.116. The zero-order chi connectivity index (χ0) is 15.8. The molecule has 0 unspecified atom stereocenters. The van der Waals surface area contributed by atoms with Crippen LogP contribution in [0.3, 0.4) is 0 Å². The molecule has 0 spiro atoms. The first-order valence-electron chi connectivity index (χ1n) is 7.78. The van der Waals surface area contributed by atoms with Gasteiger partial charge in [0.25, 0.3) is 0 Å². The van der Waals surface area contributed by atoms with Crippen molar-refractivity contribution in [2.75, 3.05) is 31.2 Å². The highest BCUT2D eigenvalue weighted by atomic mass is 32.1. The maximum Gasteiger partial charge on any atom is 0.246 e. The number of rotatable bonds is 7. The Bertz CT molecular complexity index is 509. The summed E-state index contributed by atoms with van der Waals surface area (Å²) in [5, 5.41) is 7.03. The van der Waals surface area contributed by atoms with E-state index in [4.69, 9.17) is 4.74 Å². The molecule has 1 saturated heterocycles. The number of thiazole rings is 1. The van der Waals surface area contributed by atoms with Gasteiger partial charge in [-0.25, -0.2) is 10.4 Å². The zero-order valence-corrected chi connectivity index (χ0v) is 14.1. The lowest BCUT2D eigenvalue weighted by atomic mass is 10.2. The van der Waals surface area contributed by atoms with Gasteiger partial charge in [0.15, 0.2) is 5.13 Å². The molecule has 0 bridgehead atoms. The minimum Gasteiger partial charge on any atom is -0.378 e. The summed E-state index contributed by atoms with van der Waals surface area (Å²) in [6, 6.07) is 0. The van der Waals surface area contributed by atoms with Crippen LogP contribution in [0.2, 0.25) is 0 Å². The Hall–Kier alpha value is -1.47. The van der Waals surface area contributed by atoms with Gasteiger partial charge in [-0.1, -0.05) is 13.3 Å². The molecule has 22 heavy (non-hydrogen) atoms. The standard InChI is InChI=1S/C15H24N4O2S/c1-3-4-5-12(2)17-18-14(20)10-13-11-22-15(16-13)19-6-8-21-9-7-19/h11H,3-10H2,1-2H3,(H,18,20)/b17-12-.